The third-order valence-electron chi connectivity index (χ3n) is 4.12. The standard InChI is InChI=1S/C20H20O4/c1-4-5-13-20(18(21)23-2,19(22)24-3)14-16-11-8-10-15-9-6-7-12-17(15)16/h5-12H,1,13-14H2,2-3H3. The Morgan fingerprint density at radius 2 is 1.71 bits per heavy atom. The maximum absolute atomic E-state index is 12.5. The van der Waals surface area contributed by atoms with E-state index in [1.807, 2.05) is 42.5 Å². The molecule has 0 aliphatic carbocycles. The molecule has 0 saturated heterocycles. The Bertz CT molecular complexity index is 779. The summed E-state index contributed by atoms with van der Waals surface area (Å²) in [7, 11) is 2.53. The SMILES string of the molecule is C=C=CCC(Cc1cccc2ccccc12)(C(=O)OC)C(=O)OC. The first kappa shape index (κ1) is 17.5. The zero-order valence-corrected chi connectivity index (χ0v) is 13.9. The molecule has 0 aromatic heterocycles. The van der Waals surface area contributed by atoms with Crippen molar-refractivity contribution >= 4 is 22.7 Å². The number of benzene rings is 2. The molecule has 0 aliphatic rings. The molecule has 0 N–H and O–H groups in total. The van der Waals surface area contributed by atoms with Crippen LogP contribution in [0, 0.1) is 5.41 Å². The van der Waals surface area contributed by atoms with Gasteiger partial charge in [-0.25, -0.2) is 0 Å². The van der Waals surface area contributed by atoms with Crippen LogP contribution in [-0.2, 0) is 25.5 Å². The fraction of sp³-hybridized carbons (Fsp3) is 0.250. The molecule has 4 nitrogen and oxygen atoms in total. The van der Waals surface area contributed by atoms with Crippen LogP contribution in [0.2, 0.25) is 0 Å². The first-order valence-electron chi connectivity index (χ1n) is 7.57. The van der Waals surface area contributed by atoms with Gasteiger partial charge in [-0.3, -0.25) is 9.59 Å². The Kier molecular flexibility index (Phi) is 5.56. The summed E-state index contributed by atoms with van der Waals surface area (Å²) in [6, 6.07) is 13.6. The first-order chi connectivity index (χ1) is 11.6. The lowest BCUT2D eigenvalue weighted by molar-refractivity contribution is -0.168. The molecule has 24 heavy (non-hydrogen) atoms. The highest BCUT2D eigenvalue weighted by Crippen LogP contribution is 2.34. The highest BCUT2D eigenvalue weighted by atomic mass is 16.5. The van der Waals surface area contributed by atoms with Gasteiger partial charge in [-0.2, -0.15) is 0 Å². The van der Waals surface area contributed by atoms with Gasteiger partial charge >= 0.3 is 11.9 Å². The van der Waals surface area contributed by atoms with Crippen molar-refractivity contribution in [1.29, 1.82) is 0 Å². The molecule has 0 unspecified atom stereocenters. The number of hydrogen-bond acceptors (Lipinski definition) is 4. The molecule has 0 aliphatic heterocycles. The lowest BCUT2D eigenvalue weighted by Crippen LogP contribution is -2.43. The molecule has 2 aromatic carbocycles. The molecule has 2 rings (SSSR count). The van der Waals surface area contributed by atoms with Gasteiger partial charge in [-0.05, 0) is 28.8 Å². The maximum Gasteiger partial charge on any atom is 0.323 e. The summed E-state index contributed by atoms with van der Waals surface area (Å²) in [5.74, 6) is -1.26. The van der Waals surface area contributed by atoms with Crippen molar-refractivity contribution in [1.82, 2.24) is 0 Å². The molecule has 0 fully saturated rings. The van der Waals surface area contributed by atoms with Crippen LogP contribution in [0.15, 0.2) is 60.9 Å². The van der Waals surface area contributed by atoms with E-state index in [1.54, 1.807) is 6.08 Å². The van der Waals surface area contributed by atoms with Crippen LogP contribution in [-0.4, -0.2) is 26.2 Å². The van der Waals surface area contributed by atoms with Crippen LogP contribution in [0.1, 0.15) is 12.0 Å². The molecule has 0 amide bonds. The average Bonchev–Trinajstić information content (AvgIpc) is 2.64. The maximum atomic E-state index is 12.5. The number of ether oxygens (including phenoxy) is 2. The van der Waals surface area contributed by atoms with Gasteiger partial charge in [-0.15, -0.1) is 5.73 Å². The van der Waals surface area contributed by atoms with Crippen molar-refractivity contribution in [2.24, 2.45) is 5.41 Å². The first-order valence-corrected chi connectivity index (χ1v) is 7.57. The summed E-state index contributed by atoms with van der Waals surface area (Å²) >= 11 is 0. The number of hydrogen-bond donors (Lipinski definition) is 0. The van der Waals surface area contributed by atoms with Crippen molar-refractivity contribution in [2.45, 2.75) is 12.8 Å². The van der Waals surface area contributed by atoms with Gasteiger partial charge in [0.25, 0.3) is 0 Å². The van der Waals surface area contributed by atoms with E-state index < -0.39 is 17.4 Å². The predicted octanol–water partition coefficient (Wildman–Crippen LogP) is 3.45. The molecule has 4 heteroatoms. The molecule has 0 saturated carbocycles. The molecule has 0 bridgehead atoms. The van der Waals surface area contributed by atoms with Crippen LogP contribution in [0.25, 0.3) is 10.8 Å². The number of fused-ring (bicyclic) bond motifs is 1. The van der Waals surface area contributed by atoms with E-state index in [-0.39, 0.29) is 12.8 Å². The number of allylic oxidation sites excluding steroid dienone is 1. The number of esters is 2. The van der Waals surface area contributed by atoms with Gasteiger partial charge in [0, 0.05) is 6.42 Å². The summed E-state index contributed by atoms with van der Waals surface area (Å²) in [6.45, 7) is 3.51. The number of carbonyl (C=O) groups is 2. The van der Waals surface area contributed by atoms with E-state index in [4.69, 9.17) is 9.47 Å². The minimum atomic E-state index is -1.46. The van der Waals surface area contributed by atoms with Gasteiger partial charge in [0.2, 0.25) is 0 Å². The number of rotatable bonds is 6. The van der Waals surface area contributed by atoms with Crippen molar-refractivity contribution in [3.8, 4) is 0 Å². The van der Waals surface area contributed by atoms with E-state index in [1.165, 1.54) is 14.2 Å². The molecule has 0 heterocycles. The van der Waals surface area contributed by atoms with E-state index in [0.29, 0.717) is 0 Å². The molecular weight excluding hydrogens is 304 g/mol. The van der Waals surface area contributed by atoms with Crippen molar-refractivity contribution < 1.29 is 19.1 Å². The van der Waals surface area contributed by atoms with Gasteiger partial charge in [0.05, 0.1) is 14.2 Å². The van der Waals surface area contributed by atoms with Crippen LogP contribution >= 0.6 is 0 Å². The quantitative estimate of drug-likeness (QED) is 0.464. The third kappa shape index (κ3) is 3.24. The Hall–Kier alpha value is -2.84. The van der Waals surface area contributed by atoms with Crippen LogP contribution in [0.4, 0.5) is 0 Å². The lowest BCUT2D eigenvalue weighted by atomic mass is 9.77. The predicted molar refractivity (Wildman–Crippen MR) is 92.4 cm³/mol. The Balaban J connectivity index is 2.59. The average molecular weight is 324 g/mol. The molecule has 2 aromatic rings. The summed E-state index contributed by atoms with van der Waals surface area (Å²) in [4.78, 5) is 25.0. The van der Waals surface area contributed by atoms with Crippen LogP contribution in [0.5, 0.6) is 0 Å². The Morgan fingerprint density at radius 3 is 2.33 bits per heavy atom. The van der Waals surface area contributed by atoms with Gasteiger partial charge in [0.1, 0.15) is 0 Å². The smallest absolute Gasteiger partial charge is 0.323 e. The van der Waals surface area contributed by atoms with Crippen molar-refractivity contribution in [2.75, 3.05) is 14.2 Å². The summed E-state index contributed by atoms with van der Waals surface area (Å²) in [5, 5.41) is 2.03. The topological polar surface area (TPSA) is 52.6 Å². The zero-order chi connectivity index (χ0) is 17.6. The molecule has 0 radical (unpaired) electrons. The summed E-state index contributed by atoms with van der Waals surface area (Å²) < 4.78 is 9.82. The van der Waals surface area contributed by atoms with Crippen molar-refractivity contribution in [3.63, 3.8) is 0 Å². The Labute approximate surface area is 141 Å². The summed E-state index contributed by atoms with van der Waals surface area (Å²) in [6.07, 6.45) is 1.84. The molecule has 0 atom stereocenters. The summed E-state index contributed by atoms with van der Waals surface area (Å²) in [5.41, 5.74) is 2.03. The van der Waals surface area contributed by atoms with Crippen LogP contribution < -0.4 is 0 Å². The van der Waals surface area contributed by atoms with Gasteiger partial charge < -0.3 is 9.47 Å². The second kappa shape index (κ2) is 7.62. The highest BCUT2D eigenvalue weighted by molar-refractivity contribution is 6.01. The monoisotopic (exact) mass is 324 g/mol. The van der Waals surface area contributed by atoms with Gasteiger partial charge in [0.15, 0.2) is 5.41 Å². The fourth-order valence-corrected chi connectivity index (χ4v) is 2.88. The van der Waals surface area contributed by atoms with E-state index in [0.717, 1.165) is 16.3 Å². The second-order valence-electron chi connectivity index (χ2n) is 5.49. The van der Waals surface area contributed by atoms with Gasteiger partial charge in [-0.1, -0.05) is 49.0 Å². The lowest BCUT2D eigenvalue weighted by Gasteiger charge is -2.27. The molecule has 124 valence electrons. The zero-order valence-electron chi connectivity index (χ0n) is 13.9. The van der Waals surface area contributed by atoms with Crippen LogP contribution in [0.3, 0.4) is 0 Å². The number of methoxy groups -OCH3 is 2. The minimum absolute atomic E-state index is 0.110. The molecule has 0 spiro atoms. The largest absolute Gasteiger partial charge is 0.468 e. The van der Waals surface area contributed by atoms with E-state index in [9.17, 15) is 9.59 Å². The highest BCUT2D eigenvalue weighted by Gasteiger charge is 2.47. The Morgan fingerprint density at radius 1 is 1.08 bits per heavy atom. The third-order valence-corrected chi connectivity index (χ3v) is 4.12. The van der Waals surface area contributed by atoms with E-state index >= 15 is 0 Å². The number of carbonyl (C=O) groups excluding carboxylic acids is 2. The van der Waals surface area contributed by atoms with Crippen molar-refractivity contribution in [3.05, 3.63) is 66.4 Å². The van der Waals surface area contributed by atoms with E-state index in [2.05, 4.69) is 12.3 Å². The molecular formula is C20H20O4. The normalized spacial score (nSPS) is 10.8. The fourth-order valence-electron chi connectivity index (χ4n) is 2.88. The second-order valence-corrected chi connectivity index (χ2v) is 5.49. The minimum Gasteiger partial charge on any atom is -0.468 e.